The molecule has 0 aromatic heterocycles. The number of halogens is 1. The molecule has 0 saturated carbocycles. The lowest BCUT2D eigenvalue weighted by Gasteiger charge is -2.13. The van der Waals surface area contributed by atoms with Gasteiger partial charge in [0, 0.05) is 0 Å². The predicted molar refractivity (Wildman–Crippen MR) is 38.1 cm³/mol. The minimum Gasteiger partial charge on any atom is -0.390 e. The second kappa shape index (κ2) is 3.69. The van der Waals surface area contributed by atoms with Gasteiger partial charge in [-0.25, -0.2) is 4.79 Å². The fourth-order valence-corrected chi connectivity index (χ4v) is 0.310. The maximum Gasteiger partial charge on any atom is 0.345 e. The van der Waals surface area contributed by atoms with Gasteiger partial charge in [0.25, 0.3) is 0 Å². The summed E-state index contributed by atoms with van der Waals surface area (Å²) >= 11 is 5.04. The summed E-state index contributed by atoms with van der Waals surface area (Å²) in [7, 11) is 0. The number of rotatable bonds is 2. The van der Waals surface area contributed by atoms with E-state index in [0.29, 0.717) is 0 Å². The number of hydrogen-bond acceptors (Lipinski definition) is 4. The van der Waals surface area contributed by atoms with Crippen molar-refractivity contribution in [2.24, 2.45) is 0 Å². The van der Waals surface area contributed by atoms with E-state index in [0.717, 1.165) is 0 Å². The van der Waals surface area contributed by atoms with E-state index in [1.807, 2.05) is 0 Å². The average molecular weight is 181 g/mol. The first-order chi connectivity index (χ1) is 4.88. The second-order valence-corrected chi connectivity index (χ2v) is 2.72. The molecule has 11 heavy (non-hydrogen) atoms. The molecule has 4 nitrogen and oxygen atoms in total. The Bertz CT molecular complexity index is 170. The van der Waals surface area contributed by atoms with E-state index in [1.165, 1.54) is 13.8 Å². The Balaban J connectivity index is 3.99. The van der Waals surface area contributed by atoms with Gasteiger partial charge >= 0.3 is 11.9 Å². The minimum atomic E-state index is -1.65. The molecule has 0 aliphatic heterocycles. The van der Waals surface area contributed by atoms with Crippen molar-refractivity contribution in [3.8, 4) is 0 Å². The van der Waals surface area contributed by atoms with Crippen LogP contribution in [0.4, 0.5) is 0 Å². The highest BCUT2D eigenvalue weighted by Gasteiger charge is 2.27. The summed E-state index contributed by atoms with van der Waals surface area (Å²) in [6.07, 6.45) is 0. The van der Waals surface area contributed by atoms with E-state index < -0.39 is 23.4 Å². The van der Waals surface area contributed by atoms with Crippen LogP contribution < -0.4 is 0 Å². The third kappa shape index (κ3) is 3.95. The molecule has 0 radical (unpaired) electrons. The molecule has 0 aliphatic rings. The Hall–Kier alpha value is -0.610. The summed E-state index contributed by atoms with van der Waals surface area (Å²) in [6, 6.07) is 0. The van der Waals surface area contributed by atoms with Crippen LogP contribution in [0.2, 0.25) is 0 Å². The lowest BCUT2D eigenvalue weighted by atomic mass is 10.1. The molecule has 0 amide bonds. The van der Waals surface area contributed by atoms with Crippen molar-refractivity contribution in [2.45, 2.75) is 19.4 Å². The molecule has 0 aromatic carbocycles. The SMILES string of the molecule is CC(C)(O)C(=O)OC(=O)CCl. The van der Waals surface area contributed by atoms with Gasteiger partial charge in [-0.05, 0) is 13.8 Å². The molecule has 5 heteroatoms. The van der Waals surface area contributed by atoms with Gasteiger partial charge in [-0.15, -0.1) is 11.6 Å². The van der Waals surface area contributed by atoms with Gasteiger partial charge < -0.3 is 9.84 Å². The van der Waals surface area contributed by atoms with E-state index in [-0.39, 0.29) is 0 Å². The fourth-order valence-electron chi connectivity index (χ4n) is 0.256. The van der Waals surface area contributed by atoms with Crippen molar-refractivity contribution < 1.29 is 19.4 Å². The molecular formula is C6H9ClO4. The molecule has 0 saturated heterocycles. The number of ether oxygens (including phenoxy) is 1. The monoisotopic (exact) mass is 180 g/mol. The normalized spacial score (nSPS) is 10.9. The molecule has 1 N–H and O–H groups in total. The van der Waals surface area contributed by atoms with E-state index in [2.05, 4.69) is 4.74 Å². The molecular weight excluding hydrogens is 172 g/mol. The Morgan fingerprint density at radius 2 is 2.00 bits per heavy atom. The summed E-state index contributed by atoms with van der Waals surface area (Å²) in [5, 5.41) is 8.96. The summed E-state index contributed by atoms with van der Waals surface area (Å²) in [5.41, 5.74) is -1.65. The van der Waals surface area contributed by atoms with Gasteiger partial charge in [0.15, 0.2) is 5.60 Å². The number of alkyl halides is 1. The second-order valence-electron chi connectivity index (χ2n) is 2.45. The summed E-state index contributed by atoms with van der Waals surface area (Å²) in [5.74, 6) is -2.26. The largest absolute Gasteiger partial charge is 0.390 e. The van der Waals surface area contributed by atoms with Gasteiger partial charge in [-0.1, -0.05) is 0 Å². The standard InChI is InChI=1S/C6H9ClO4/c1-6(2,10)5(9)11-4(8)3-7/h10H,3H2,1-2H3. The third-order valence-electron chi connectivity index (χ3n) is 0.815. The first-order valence-corrected chi connectivity index (χ1v) is 3.45. The number of carbonyl (C=O) groups is 2. The molecule has 0 aliphatic carbocycles. The van der Waals surface area contributed by atoms with Crippen molar-refractivity contribution in [1.29, 1.82) is 0 Å². The van der Waals surface area contributed by atoms with Crippen LogP contribution in [0.3, 0.4) is 0 Å². The summed E-state index contributed by atoms with van der Waals surface area (Å²) < 4.78 is 4.10. The minimum absolute atomic E-state index is 0.401. The fraction of sp³-hybridized carbons (Fsp3) is 0.667. The van der Waals surface area contributed by atoms with Crippen LogP contribution in [0.15, 0.2) is 0 Å². The smallest absolute Gasteiger partial charge is 0.345 e. The molecule has 0 fully saturated rings. The van der Waals surface area contributed by atoms with Gasteiger partial charge in [0.1, 0.15) is 5.88 Å². The van der Waals surface area contributed by atoms with Crippen LogP contribution in [0.5, 0.6) is 0 Å². The van der Waals surface area contributed by atoms with E-state index >= 15 is 0 Å². The molecule has 64 valence electrons. The number of aliphatic hydroxyl groups is 1. The Morgan fingerprint density at radius 1 is 1.55 bits per heavy atom. The quantitative estimate of drug-likeness (QED) is 0.371. The van der Waals surface area contributed by atoms with Gasteiger partial charge in [-0.2, -0.15) is 0 Å². The van der Waals surface area contributed by atoms with Crippen LogP contribution in [-0.2, 0) is 14.3 Å². The van der Waals surface area contributed by atoms with Crippen molar-refractivity contribution in [3.63, 3.8) is 0 Å². The predicted octanol–water partition coefficient (Wildman–Crippen LogP) is 0.0659. The Labute approximate surface area is 69.1 Å². The van der Waals surface area contributed by atoms with Crippen LogP contribution in [0.25, 0.3) is 0 Å². The highest BCUT2D eigenvalue weighted by molar-refractivity contribution is 6.27. The number of esters is 2. The molecule has 0 spiro atoms. The summed E-state index contributed by atoms with van der Waals surface area (Å²) in [4.78, 5) is 21.1. The van der Waals surface area contributed by atoms with E-state index in [1.54, 1.807) is 0 Å². The molecule has 0 unspecified atom stereocenters. The first-order valence-electron chi connectivity index (χ1n) is 2.91. The zero-order valence-electron chi connectivity index (χ0n) is 6.26. The zero-order chi connectivity index (χ0) is 9.07. The lowest BCUT2D eigenvalue weighted by molar-refractivity contribution is -0.170. The maximum atomic E-state index is 10.7. The van der Waals surface area contributed by atoms with Gasteiger partial charge in [0.05, 0.1) is 0 Å². The van der Waals surface area contributed by atoms with Crippen LogP contribution in [-0.4, -0.2) is 28.5 Å². The lowest BCUT2D eigenvalue weighted by Crippen LogP contribution is -2.34. The molecule has 0 heterocycles. The number of hydrogen-bond donors (Lipinski definition) is 1. The summed E-state index contributed by atoms with van der Waals surface area (Å²) in [6.45, 7) is 2.44. The molecule has 0 bridgehead atoms. The molecule has 0 aromatic rings. The van der Waals surface area contributed by atoms with Crippen LogP contribution in [0.1, 0.15) is 13.8 Å². The highest BCUT2D eigenvalue weighted by Crippen LogP contribution is 2.03. The third-order valence-corrected chi connectivity index (χ3v) is 1.03. The van der Waals surface area contributed by atoms with Crippen LogP contribution in [0, 0.1) is 0 Å². The zero-order valence-corrected chi connectivity index (χ0v) is 7.01. The van der Waals surface area contributed by atoms with Crippen molar-refractivity contribution in [2.75, 3.05) is 5.88 Å². The van der Waals surface area contributed by atoms with Crippen molar-refractivity contribution >= 4 is 23.5 Å². The molecule has 0 rings (SSSR count). The van der Waals surface area contributed by atoms with Crippen molar-refractivity contribution in [3.05, 3.63) is 0 Å². The topological polar surface area (TPSA) is 63.6 Å². The molecule has 0 atom stereocenters. The highest BCUT2D eigenvalue weighted by atomic mass is 35.5. The van der Waals surface area contributed by atoms with Crippen molar-refractivity contribution in [1.82, 2.24) is 0 Å². The number of carbonyl (C=O) groups excluding carboxylic acids is 2. The van der Waals surface area contributed by atoms with Gasteiger partial charge in [0.2, 0.25) is 0 Å². The maximum absolute atomic E-state index is 10.7. The van der Waals surface area contributed by atoms with E-state index in [4.69, 9.17) is 16.7 Å². The first kappa shape index (κ1) is 10.4. The Kier molecular flexibility index (Phi) is 3.48. The van der Waals surface area contributed by atoms with Crippen LogP contribution >= 0.6 is 11.6 Å². The van der Waals surface area contributed by atoms with Gasteiger partial charge in [-0.3, -0.25) is 4.79 Å². The van der Waals surface area contributed by atoms with E-state index in [9.17, 15) is 9.59 Å². The average Bonchev–Trinajstić information content (AvgIpc) is 1.85. The Morgan fingerprint density at radius 3 is 2.27 bits per heavy atom.